The van der Waals surface area contributed by atoms with E-state index in [1.165, 1.54) is 11.1 Å². The molecule has 1 aromatic carbocycles. The molecular weight excluding hydrogens is 276 g/mol. The van der Waals surface area contributed by atoms with Crippen LogP contribution in [0, 0.1) is 6.92 Å². The van der Waals surface area contributed by atoms with Gasteiger partial charge in [0.1, 0.15) is 0 Å². The third-order valence-corrected chi connectivity index (χ3v) is 2.94. The molecule has 1 aromatic rings. The Kier molecular flexibility index (Phi) is 8.04. The van der Waals surface area contributed by atoms with Crippen molar-refractivity contribution in [3.8, 4) is 0 Å². The van der Waals surface area contributed by atoms with E-state index in [-0.39, 0.29) is 11.9 Å². The zero-order valence-corrected chi connectivity index (χ0v) is 14.1. The molecule has 3 N–H and O–H groups in total. The van der Waals surface area contributed by atoms with Gasteiger partial charge < -0.3 is 16.0 Å². The predicted octanol–water partition coefficient (Wildman–Crippen LogP) is 1.96. The van der Waals surface area contributed by atoms with Crippen molar-refractivity contribution < 1.29 is 4.79 Å². The number of carbonyl (C=O) groups is 1. The topological polar surface area (TPSA) is 65.5 Å². The second-order valence-electron chi connectivity index (χ2n) is 5.58. The molecule has 0 aromatic heterocycles. The van der Waals surface area contributed by atoms with Crippen LogP contribution in [-0.2, 0) is 11.3 Å². The first kappa shape index (κ1) is 18.0. The first-order chi connectivity index (χ1) is 10.5. The second kappa shape index (κ2) is 9.82. The van der Waals surface area contributed by atoms with E-state index in [4.69, 9.17) is 0 Å². The number of amides is 1. The van der Waals surface area contributed by atoms with Crippen LogP contribution in [0.15, 0.2) is 29.3 Å². The van der Waals surface area contributed by atoms with E-state index in [2.05, 4.69) is 46.1 Å². The molecule has 0 atom stereocenters. The number of aliphatic imine (C=N–C) groups is 1. The molecule has 0 saturated heterocycles. The Morgan fingerprint density at radius 3 is 2.68 bits per heavy atom. The summed E-state index contributed by atoms with van der Waals surface area (Å²) in [5.41, 5.74) is 2.41. The Balaban J connectivity index is 2.47. The molecule has 0 radical (unpaired) electrons. The highest BCUT2D eigenvalue weighted by molar-refractivity contribution is 5.81. The highest BCUT2D eigenvalue weighted by Gasteiger charge is 2.04. The molecule has 122 valence electrons. The van der Waals surface area contributed by atoms with Crippen LogP contribution in [0.2, 0.25) is 0 Å². The molecule has 0 saturated carbocycles. The van der Waals surface area contributed by atoms with Crippen LogP contribution < -0.4 is 16.0 Å². The van der Waals surface area contributed by atoms with Gasteiger partial charge in [-0.1, -0.05) is 29.8 Å². The first-order valence-corrected chi connectivity index (χ1v) is 7.88. The zero-order chi connectivity index (χ0) is 16.4. The maximum absolute atomic E-state index is 11.6. The van der Waals surface area contributed by atoms with Crippen LogP contribution in [-0.4, -0.2) is 31.0 Å². The molecule has 1 rings (SSSR count). The van der Waals surface area contributed by atoms with E-state index >= 15 is 0 Å². The van der Waals surface area contributed by atoms with Gasteiger partial charge in [0.2, 0.25) is 5.91 Å². The summed E-state index contributed by atoms with van der Waals surface area (Å²) < 4.78 is 0. The van der Waals surface area contributed by atoms with Crippen LogP contribution >= 0.6 is 0 Å². The number of rotatable bonds is 7. The van der Waals surface area contributed by atoms with E-state index in [1.807, 2.05) is 26.8 Å². The number of hydrogen-bond donors (Lipinski definition) is 3. The maximum Gasteiger partial charge on any atom is 0.221 e. The lowest BCUT2D eigenvalue weighted by Gasteiger charge is -2.12. The van der Waals surface area contributed by atoms with Crippen molar-refractivity contribution >= 4 is 11.9 Å². The van der Waals surface area contributed by atoms with Crippen LogP contribution in [0.1, 0.15) is 38.3 Å². The van der Waals surface area contributed by atoms with Crippen molar-refractivity contribution in [1.29, 1.82) is 0 Å². The molecular formula is C17H28N4O. The molecule has 1 amide bonds. The average molecular weight is 304 g/mol. The van der Waals surface area contributed by atoms with Gasteiger partial charge in [0.25, 0.3) is 0 Å². The lowest BCUT2D eigenvalue weighted by molar-refractivity contribution is -0.121. The number of benzene rings is 1. The Bertz CT molecular complexity index is 497. The molecule has 5 heteroatoms. The highest BCUT2D eigenvalue weighted by Crippen LogP contribution is 2.04. The van der Waals surface area contributed by atoms with Crippen molar-refractivity contribution in [2.75, 3.05) is 13.1 Å². The molecule has 0 fully saturated rings. The summed E-state index contributed by atoms with van der Waals surface area (Å²) in [6.07, 6.45) is 0.438. The zero-order valence-electron chi connectivity index (χ0n) is 14.1. The Hall–Kier alpha value is -2.04. The molecule has 5 nitrogen and oxygen atoms in total. The summed E-state index contributed by atoms with van der Waals surface area (Å²) in [7, 11) is 0. The summed E-state index contributed by atoms with van der Waals surface area (Å²) in [5, 5.41) is 9.25. The summed E-state index contributed by atoms with van der Waals surface area (Å²) >= 11 is 0. The molecule has 0 aliphatic rings. The molecule has 22 heavy (non-hydrogen) atoms. The molecule has 0 bridgehead atoms. The minimum Gasteiger partial charge on any atom is -0.357 e. The van der Waals surface area contributed by atoms with Gasteiger partial charge in [-0.15, -0.1) is 0 Å². The van der Waals surface area contributed by atoms with E-state index < -0.39 is 0 Å². The SMILES string of the molecule is CCNC(=NCc1cccc(C)c1)NCCC(=O)NC(C)C. The monoisotopic (exact) mass is 304 g/mol. The number of guanidine groups is 1. The Morgan fingerprint density at radius 1 is 1.27 bits per heavy atom. The van der Waals surface area contributed by atoms with Crippen molar-refractivity contribution in [1.82, 2.24) is 16.0 Å². The predicted molar refractivity (Wildman–Crippen MR) is 91.9 cm³/mol. The molecule has 0 heterocycles. The Labute approximate surface area is 133 Å². The summed E-state index contributed by atoms with van der Waals surface area (Å²) in [6.45, 7) is 9.99. The van der Waals surface area contributed by atoms with Crippen molar-refractivity contribution in [2.24, 2.45) is 4.99 Å². The van der Waals surface area contributed by atoms with Gasteiger partial charge in [-0.3, -0.25) is 4.79 Å². The minimum absolute atomic E-state index is 0.0528. The largest absolute Gasteiger partial charge is 0.357 e. The number of nitrogens with one attached hydrogen (secondary N) is 3. The van der Waals surface area contributed by atoms with Crippen molar-refractivity contribution in [2.45, 2.75) is 46.7 Å². The fraction of sp³-hybridized carbons (Fsp3) is 0.529. The summed E-state index contributed by atoms with van der Waals surface area (Å²) in [4.78, 5) is 16.1. The van der Waals surface area contributed by atoms with Crippen molar-refractivity contribution in [3.05, 3.63) is 35.4 Å². The standard InChI is InChI=1S/C17H28N4O/c1-5-18-17(19-10-9-16(22)21-13(2)3)20-12-15-8-6-7-14(4)11-15/h6-8,11,13H,5,9-10,12H2,1-4H3,(H,21,22)(H2,18,19,20). The number of carbonyl (C=O) groups excluding carboxylic acids is 1. The van der Waals surface area contributed by atoms with E-state index in [1.54, 1.807) is 0 Å². The normalized spacial score (nSPS) is 11.4. The molecule has 0 unspecified atom stereocenters. The maximum atomic E-state index is 11.6. The van der Waals surface area contributed by atoms with Gasteiger partial charge in [0, 0.05) is 25.6 Å². The average Bonchev–Trinajstić information content (AvgIpc) is 2.44. The number of hydrogen-bond acceptors (Lipinski definition) is 2. The van der Waals surface area contributed by atoms with Gasteiger partial charge in [-0.05, 0) is 33.3 Å². The fourth-order valence-corrected chi connectivity index (χ4v) is 2.01. The highest BCUT2D eigenvalue weighted by atomic mass is 16.1. The lowest BCUT2D eigenvalue weighted by Crippen LogP contribution is -2.40. The van der Waals surface area contributed by atoms with Gasteiger partial charge >= 0.3 is 0 Å². The van der Waals surface area contributed by atoms with Gasteiger partial charge in [-0.2, -0.15) is 0 Å². The first-order valence-electron chi connectivity index (χ1n) is 7.88. The van der Waals surface area contributed by atoms with Crippen LogP contribution in [0.4, 0.5) is 0 Å². The number of nitrogens with zero attached hydrogens (tertiary/aromatic N) is 1. The van der Waals surface area contributed by atoms with E-state index in [9.17, 15) is 4.79 Å². The van der Waals surface area contributed by atoms with Crippen molar-refractivity contribution in [3.63, 3.8) is 0 Å². The molecule has 0 aliphatic carbocycles. The fourth-order valence-electron chi connectivity index (χ4n) is 2.01. The third kappa shape index (κ3) is 7.67. The Morgan fingerprint density at radius 2 is 2.05 bits per heavy atom. The third-order valence-electron chi connectivity index (χ3n) is 2.94. The van der Waals surface area contributed by atoms with Gasteiger partial charge in [0.05, 0.1) is 6.54 Å². The van der Waals surface area contributed by atoms with Crippen LogP contribution in [0.5, 0.6) is 0 Å². The summed E-state index contributed by atoms with van der Waals surface area (Å²) in [6, 6.07) is 8.48. The smallest absolute Gasteiger partial charge is 0.221 e. The molecule has 0 spiro atoms. The molecule has 0 aliphatic heterocycles. The van der Waals surface area contributed by atoms with E-state index in [0.717, 1.165) is 12.5 Å². The van der Waals surface area contributed by atoms with Crippen LogP contribution in [0.25, 0.3) is 0 Å². The van der Waals surface area contributed by atoms with Gasteiger partial charge in [-0.25, -0.2) is 4.99 Å². The number of aryl methyl sites for hydroxylation is 1. The van der Waals surface area contributed by atoms with E-state index in [0.29, 0.717) is 19.5 Å². The van der Waals surface area contributed by atoms with Gasteiger partial charge in [0.15, 0.2) is 5.96 Å². The quantitative estimate of drug-likeness (QED) is 0.533. The minimum atomic E-state index is 0.0528. The second-order valence-corrected chi connectivity index (χ2v) is 5.58. The summed E-state index contributed by atoms with van der Waals surface area (Å²) in [5.74, 6) is 0.790. The van der Waals surface area contributed by atoms with Crippen LogP contribution in [0.3, 0.4) is 0 Å². The lowest BCUT2D eigenvalue weighted by atomic mass is 10.1.